The van der Waals surface area contributed by atoms with Gasteiger partial charge in [0.1, 0.15) is 12.7 Å². The van der Waals surface area contributed by atoms with E-state index in [-0.39, 0.29) is 12.8 Å². The summed E-state index contributed by atoms with van der Waals surface area (Å²) in [7, 11) is -9.77. The van der Waals surface area contributed by atoms with Crippen LogP contribution >= 0.6 is 15.6 Å². The van der Waals surface area contributed by atoms with Gasteiger partial charge in [0.25, 0.3) is 0 Å². The first kappa shape index (κ1) is 66.5. The van der Waals surface area contributed by atoms with Gasteiger partial charge in [-0.05, 0) is 44.4 Å². The van der Waals surface area contributed by atoms with Crippen molar-refractivity contribution in [1.29, 1.82) is 0 Å². The summed E-state index contributed by atoms with van der Waals surface area (Å²) in [6.07, 6.45) is 43.9. The van der Waals surface area contributed by atoms with Crippen molar-refractivity contribution in [2.45, 2.75) is 212 Å². The molecule has 6 N–H and O–H groups in total. The first-order valence-electron chi connectivity index (χ1n) is 25.7. The molecule has 0 aromatic carbocycles. The predicted molar refractivity (Wildman–Crippen MR) is 274 cm³/mol. The maximum atomic E-state index is 12.7. The van der Waals surface area contributed by atoms with Crippen LogP contribution in [-0.2, 0) is 41.8 Å². The highest BCUT2D eigenvalue weighted by molar-refractivity contribution is 7.47. The Labute approximate surface area is 415 Å². The molecule has 0 aliphatic carbocycles. The van der Waals surface area contributed by atoms with Crippen molar-refractivity contribution in [2.75, 3.05) is 26.4 Å². The second-order valence-corrected chi connectivity index (χ2v) is 20.6. The Morgan fingerprint density at radius 3 is 1.59 bits per heavy atom. The van der Waals surface area contributed by atoms with Crippen LogP contribution in [-0.4, -0.2) is 92.8 Å². The zero-order valence-corrected chi connectivity index (χ0v) is 44.1. The summed E-state index contributed by atoms with van der Waals surface area (Å²) in [4.78, 5) is 52.9. The van der Waals surface area contributed by atoms with Gasteiger partial charge < -0.3 is 39.5 Å². The SMILES string of the molecule is CC/C=C\C[C@H](O)/C=C/C=C\C/C=C\C=C\[C@H](O)/C=C\CCCC(=O)O[C@H](COC(=O)CCCCCCCCCCCCCCCCCCCCC(C)C)COP(=O)(O)OC[C@@H](O)COP(=O)(O)O. The standard InChI is InChI=1S/C52H92O15P2/c1-4-5-28-36-47(53)37-30-24-20-18-21-25-31-38-48(54)39-32-27-34-41-52(57)67-50(45-66-69(61,62)65-43-49(55)42-64-68(58,59)60)44-63-51(56)40-33-26-22-17-15-13-11-9-7-6-8-10-12-14-16-19-23-29-35-46(2)3/h5,20-21,24-25,28,30-32,37-39,46-50,53-55H,4,6-19,22-23,26-27,29,33-36,40-45H2,1-3H3,(H,61,62)(H2,58,59,60)/b24-20-,25-21-,28-5-,37-30+,38-31+,39-32-/t47-,48-,49-,50+/m0/s1. The number of aliphatic hydroxyl groups excluding tert-OH is 3. The molecule has 0 aliphatic heterocycles. The highest BCUT2D eigenvalue weighted by atomic mass is 31.2. The first-order chi connectivity index (χ1) is 33.0. The minimum atomic E-state index is -4.90. The lowest BCUT2D eigenvalue weighted by molar-refractivity contribution is -0.161. The number of carbonyl (C=O) groups excluding carboxylic acids is 2. The van der Waals surface area contributed by atoms with E-state index in [2.05, 4.69) is 22.9 Å². The molecule has 0 rings (SSSR count). The molecule has 15 nitrogen and oxygen atoms in total. The molecule has 0 heterocycles. The fourth-order valence-corrected chi connectivity index (χ4v) is 7.96. The van der Waals surface area contributed by atoms with Crippen molar-refractivity contribution in [3.05, 3.63) is 72.9 Å². The molecule has 5 atom stereocenters. The van der Waals surface area contributed by atoms with Crippen LogP contribution in [0.4, 0.5) is 0 Å². The van der Waals surface area contributed by atoms with Gasteiger partial charge in [-0.3, -0.25) is 23.2 Å². The molecular weight excluding hydrogens is 927 g/mol. The van der Waals surface area contributed by atoms with Crippen molar-refractivity contribution in [1.82, 2.24) is 0 Å². The van der Waals surface area contributed by atoms with Gasteiger partial charge in [0.05, 0.1) is 32.0 Å². The molecule has 1 unspecified atom stereocenters. The van der Waals surface area contributed by atoms with Gasteiger partial charge in [0.15, 0.2) is 6.10 Å². The minimum Gasteiger partial charge on any atom is -0.462 e. The second-order valence-electron chi connectivity index (χ2n) is 17.9. The van der Waals surface area contributed by atoms with Gasteiger partial charge >= 0.3 is 27.6 Å². The molecule has 0 aliphatic rings. The average Bonchev–Trinajstić information content (AvgIpc) is 3.29. The third-order valence-corrected chi connectivity index (χ3v) is 12.1. The minimum absolute atomic E-state index is 0.0565. The van der Waals surface area contributed by atoms with E-state index in [4.69, 9.17) is 23.8 Å². The van der Waals surface area contributed by atoms with Crippen LogP contribution in [0.25, 0.3) is 0 Å². The fraction of sp³-hybridized carbons (Fsp3) is 0.731. The van der Waals surface area contributed by atoms with E-state index in [1.165, 1.54) is 96.3 Å². The maximum absolute atomic E-state index is 12.7. The van der Waals surface area contributed by atoms with Gasteiger partial charge in [0, 0.05) is 12.8 Å². The van der Waals surface area contributed by atoms with Crippen molar-refractivity contribution >= 4 is 27.6 Å². The van der Waals surface area contributed by atoms with E-state index < -0.39 is 78.4 Å². The number of unbranched alkanes of at least 4 members (excludes halogenated alkanes) is 18. The Morgan fingerprint density at radius 1 is 0.536 bits per heavy atom. The summed E-state index contributed by atoms with van der Waals surface area (Å²) in [6, 6.07) is 0. The van der Waals surface area contributed by atoms with Crippen molar-refractivity contribution in [3.63, 3.8) is 0 Å². The fourth-order valence-electron chi connectivity index (χ4n) is 6.80. The monoisotopic (exact) mass is 1020 g/mol. The molecule has 0 bridgehead atoms. The summed E-state index contributed by atoms with van der Waals surface area (Å²) in [5.74, 6) is -0.387. The molecule has 0 radical (unpaired) electrons. The van der Waals surface area contributed by atoms with Crippen LogP contribution < -0.4 is 0 Å². The Morgan fingerprint density at radius 2 is 1.04 bits per heavy atom. The van der Waals surface area contributed by atoms with E-state index in [0.29, 0.717) is 32.1 Å². The van der Waals surface area contributed by atoms with Crippen molar-refractivity contribution in [2.24, 2.45) is 5.92 Å². The number of hydrogen-bond acceptors (Lipinski definition) is 12. The van der Waals surface area contributed by atoms with E-state index in [1.54, 1.807) is 36.5 Å². The summed E-state index contributed by atoms with van der Waals surface area (Å²) in [6.45, 7) is 3.72. The van der Waals surface area contributed by atoms with E-state index >= 15 is 0 Å². The number of rotatable bonds is 47. The Bertz CT molecular complexity index is 1540. The zero-order chi connectivity index (χ0) is 51.3. The summed E-state index contributed by atoms with van der Waals surface area (Å²) in [5, 5.41) is 29.8. The van der Waals surface area contributed by atoms with Gasteiger partial charge in [-0.2, -0.15) is 0 Å². The molecule has 0 saturated heterocycles. The molecular formula is C52H92O15P2. The van der Waals surface area contributed by atoms with Crippen LogP contribution in [0.3, 0.4) is 0 Å². The molecule has 17 heteroatoms. The number of phosphoric acid groups is 2. The third kappa shape index (κ3) is 50.2. The number of ether oxygens (including phenoxy) is 2. The Balaban J connectivity index is 4.61. The molecule has 69 heavy (non-hydrogen) atoms. The van der Waals surface area contributed by atoms with Gasteiger partial charge in [-0.15, -0.1) is 0 Å². The first-order valence-corrected chi connectivity index (χ1v) is 28.7. The highest BCUT2D eigenvalue weighted by Crippen LogP contribution is 2.44. The summed E-state index contributed by atoms with van der Waals surface area (Å²) in [5.41, 5.74) is 0. The number of allylic oxidation sites excluding steroid dienone is 8. The van der Waals surface area contributed by atoms with Crippen molar-refractivity contribution in [3.8, 4) is 0 Å². The Hall–Kier alpha value is -2.52. The highest BCUT2D eigenvalue weighted by Gasteiger charge is 2.28. The number of hydrogen-bond donors (Lipinski definition) is 6. The number of aliphatic hydroxyl groups is 3. The smallest absolute Gasteiger partial charge is 0.462 e. The van der Waals surface area contributed by atoms with Crippen LogP contribution in [0.2, 0.25) is 0 Å². The largest absolute Gasteiger partial charge is 0.472 e. The van der Waals surface area contributed by atoms with Crippen LogP contribution in [0.5, 0.6) is 0 Å². The lowest BCUT2D eigenvalue weighted by Crippen LogP contribution is -2.29. The van der Waals surface area contributed by atoms with Crippen molar-refractivity contribution < 1.29 is 71.8 Å². The second kappa shape index (κ2) is 45.4. The maximum Gasteiger partial charge on any atom is 0.472 e. The van der Waals surface area contributed by atoms with E-state index in [1.807, 2.05) is 43.4 Å². The lowest BCUT2D eigenvalue weighted by Gasteiger charge is -2.20. The zero-order valence-electron chi connectivity index (χ0n) is 42.3. The number of carbonyl (C=O) groups is 2. The van der Waals surface area contributed by atoms with Crippen LogP contribution in [0.15, 0.2) is 72.9 Å². The number of esters is 2. The molecule has 0 spiro atoms. The molecule has 0 fully saturated rings. The van der Waals surface area contributed by atoms with E-state index in [0.717, 1.165) is 31.6 Å². The Kier molecular flexibility index (Phi) is 43.7. The predicted octanol–water partition coefficient (Wildman–Crippen LogP) is 11.9. The van der Waals surface area contributed by atoms with Crippen LogP contribution in [0.1, 0.15) is 188 Å². The summed E-state index contributed by atoms with van der Waals surface area (Å²) < 4.78 is 47.8. The van der Waals surface area contributed by atoms with Gasteiger partial charge in [-0.1, -0.05) is 209 Å². The van der Waals surface area contributed by atoms with Crippen LogP contribution in [0, 0.1) is 5.92 Å². The molecule has 0 aromatic heterocycles. The lowest BCUT2D eigenvalue weighted by atomic mass is 10.0. The average molecular weight is 1020 g/mol. The third-order valence-electron chi connectivity index (χ3n) is 10.7. The topological polar surface area (TPSA) is 236 Å². The molecule has 400 valence electrons. The molecule has 0 aromatic rings. The van der Waals surface area contributed by atoms with Gasteiger partial charge in [-0.25, -0.2) is 9.13 Å². The molecule has 0 amide bonds. The quantitative estimate of drug-likeness (QED) is 0.0109. The van der Waals surface area contributed by atoms with E-state index in [9.17, 15) is 38.9 Å². The molecule has 0 saturated carbocycles. The summed E-state index contributed by atoms with van der Waals surface area (Å²) >= 11 is 0. The van der Waals surface area contributed by atoms with Gasteiger partial charge in [0.2, 0.25) is 0 Å². The number of phosphoric ester groups is 2. The normalized spacial score (nSPS) is 15.4.